The van der Waals surface area contributed by atoms with Crippen molar-refractivity contribution in [1.82, 2.24) is 9.55 Å². The van der Waals surface area contributed by atoms with Gasteiger partial charge in [0.1, 0.15) is 5.82 Å². The Bertz CT molecular complexity index is 1130. The molecule has 0 unspecified atom stereocenters. The smallest absolute Gasteiger partial charge is 0.257 e. The van der Waals surface area contributed by atoms with E-state index >= 15 is 0 Å². The van der Waals surface area contributed by atoms with Crippen molar-refractivity contribution in [3.05, 3.63) is 86.5 Å². The fourth-order valence-electron chi connectivity index (χ4n) is 3.07. The molecule has 162 valence electrons. The van der Waals surface area contributed by atoms with Crippen molar-refractivity contribution in [2.45, 2.75) is 31.3 Å². The number of benzene rings is 2. The van der Waals surface area contributed by atoms with Gasteiger partial charge in [0.2, 0.25) is 5.91 Å². The van der Waals surface area contributed by atoms with E-state index in [2.05, 4.69) is 10.3 Å². The fourth-order valence-corrected chi connectivity index (χ4v) is 4.23. The Balaban J connectivity index is 1.56. The largest absolute Gasteiger partial charge is 0.326 e. The molecule has 0 spiro atoms. The molecule has 2 aromatic carbocycles. The van der Waals surface area contributed by atoms with Crippen LogP contribution in [0.4, 0.5) is 10.1 Å². The van der Waals surface area contributed by atoms with Gasteiger partial charge in [0.15, 0.2) is 5.16 Å². The van der Waals surface area contributed by atoms with Crippen LogP contribution >= 0.6 is 23.4 Å². The molecule has 8 heteroatoms. The van der Waals surface area contributed by atoms with Gasteiger partial charge in [-0.15, -0.1) is 0 Å². The zero-order chi connectivity index (χ0) is 22.4. The second-order valence-corrected chi connectivity index (χ2v) is 8.63. The van der Waals surface area contributed by atoms with E-state index in [-0.39, 0.29) is 17.3 Å². The maximum atomic E-state index is 12.9. The standard InChI is InChI=1S/C23H23ClFN3O2S/c1-15-20(14-16-5-3-6-17(24)13-16)22(30)28(2)23(26-15)31-12-4-7-21(29)27-19-10-8-18(25)9-11-19/h3,5-6,8-11,13H,4,7,12,14H2,1-2H3,(H,27,29). The summed E-state index contributed by atoms with van der Waals surface area (Å²) in [5.41, 5.74) is 2.78. The summed E-state index contributed by atoms with van der Waals surface area (Å²) in [6, 6.07) is 13.1. The molecule has 0 bridgehead atoms. The maximum Gasteiger partial charge on any atom is 0.257 e. The average molecular weight is 460 g/mol. The fraction of sp³-hybridized carbons (Fsp3) is 0.261. The number of hydrogen-bond donors (Lipinski definition) is 1. The van der Waals surface area contributed by atoms with Crippen molar-refractivity contribution in [1.29, 1.82) is 0 Å². The molecule has 0 radical (unpaired) electrons. The Labute approximate surface area is 189 Å². The predicted octanol–water partition coefficient (Wildman–Crippen LogP) is 4.98. The molecule has 1 N–H and O–H groups in total. The van der Waals surface area contributed by atoms with Crippen LogP contribution in [0.5, 0.6) is 0 Å². The quantitative estimate of drug-likeness (QED) is 0.293. The second kappa shape index (κ2) is 10.6. The number of hydrogen-bond acceptors (Lipinski definition) is 4. The first kappa shape index (κ1) is 23.0. The highest BCUT2D eigenvalue weighted by molar-refractivity contribution is 7.99. The van der Waals surface area contributed by atoms with E-state index < -0.39 is 0 Å². The van der Waals surface area contributed by atoms with Crippen molar-refractivity contribution in [3.63, 3.8) is 0 Å². The lowest BCUT2D eigenvalue weighted by molar-refractivity contribution is -0.116. The van der Waals surface area contributed by atoms with E-state index in [9.17, 15) is 14.0 Å². The molecule has 0 fully saturated rings. The minimum atomic E-state index is -0.346. The number of amides is 1. The van der Waals surface area contributed by atoms with E-state index in [1.165, 1.54) is 36.0 Å². The van der Waals surface area contributed by atoms with Crippen LogP contribution in [0.15, 0.2) is 58.5 Å². The summed E-state index contributed by atoms with van der Waals surface area (Å²) in [5, 5.41) is 3.99. The van der Waals surface area contributed by atoms with Crippen molar-refractivity contribution < 1.29 is 9.18 Å². The highest BCUT2D eigenvalue weighted by Crippen LogP contribution is 2.19. The lowest BCUT2D eigenvalue weighted by atomic mass is 10.1. The Morgan fingerprint density at radius 1 is 1.23 bits per heavy atom. The first-order chi connectivity index (χ1) is 14.8. The molecule has 1 heterocycles. The maximum absolute atomic E-state index is 12.9. The van der Waals surface area contributed by atoms with Crippen LogP contribution in [0.25, 0.3) is 0 Å². The Kier molecular flexibility index (Phi) is 7.87. The summed E-state index contributed by atoms with van der Waals surface area (Å²) in [6.07, 6.45) is 1.42. The molecule has 1 amide bonds. The van der Waals surface area contributed by atoms with Gasteiger partial charge in [0, 0.05) is 47.6 Å². The summed E-state index contributed by atoms with van der Waals surface area (Å²) in [6.45, 7) is 1.83. The Morgan fingerprint density at radius 3 is 2.68 bits per heavy atom. The summed E-state index contributed by atoms with van der Waals surface area (Å²) < 4.78 is 14.5. The van der Waals surface area contributed by atoms with Crippen LogP contribution in [0.3, 0.4) is 0 Å². The van der Waals surface area contributed by atoms with E-state index in [4.69, 9.17) is 11.6 Å². The van der Waals surface area contributed by atoms with E-state index in [0.717, 1.165) is 5.56 Å². The number of carbonyl (C=O) groups excluding carboxylic acids is 1. The van der Waals surface area contributed by atoms with Crippen molar-refractivity contribution in [2.24, 2.45) is 7.05 Å². The summed E-state index contributed by atoms with van der Waals surface area (Å²) in [4.78, 5) is 29.5. The monoisotopic (exact) mass is 459 g/mol. The van der Waals surface area contributed by atoms with Gasteiger partial charge in [-0.3, -0.25) is 14.2 Å². The third-order valence-corrected chi connectivity index (χ3v) is 6.08. The molecule has 0 aliphatic carbocycles. The molecular weight excluding hydrogens is 437 g/mol. The highest BCUT2D eigenvalue weighted by atomic mass is 35.5. The highest BCUT2D eigenvalue weighted by Gasteiger charge is 2.13. The molecule has 0 saturated carbocycles. The second-order valence-electron chi connectivity index (χ2n) is 7.14. The number of rotatable bonds is 8. The number of aromatic nitrogens is 2. The number of aryl methyl sites for hydroxylation is 1. The zero-order valence-electron chi connectivity index (χ0n) is 17.3. The van der Waals surface area contributed by atoms with Crippen LogP contribution in [0.2, 0.25) is 5.02 Å². The molecular formula is C23H23ClFN3O2S. The molecule has 0 aliphatic heterocycles. The Hall–Kier alpha value is -2.64. The molecule has 31 heavy (non-hydrogen) atoms. The normalized spacial score (nSPS) is 10.8. The van der Waals surface area contributed by atoms with Gasteiger partial charge >= 0.3 is 0 Å². The van der Waals surface area contributed by atoms with Gasteiger partial charge in [-0.05, 0) is 55.3 Å². The first-order valence-corrected chi connectivity index (χ1v) is 11.2. The van der Waals surface area contributed by atoms with Gasteiger partial charge in [0.05, 0.1) is 0 Å². The Morgan fingerprint density at radius 2 is 1.97 bits per heavy atom. The third-order valence-electron chi connectivity index (χ3n) is 4.73. The molecule has 3 rings (SSSR count). The van der Waals surface area contributed by atoms with Gasteiger partial charge < -0.3 is 5.32 Å². The number of carbonyl (C=O) groups is 1. The van der Waals surface area contributed by atoms with Gasteiger partial charge in [-0.1, -0.05) is 35.5 Å². The van der Waals surface area contributed by atoms with Gasteiger partial charge in [-0.2, -0.15) is 0 Å². The van der Waals surface area contributed by atoms with E-state index in [1.807, 2.05) is 25.1 Å². The molecule has 0 atom stereocenters. The lowest BCUT2D eigenvalue weighted by Crippen LogP contribution is -2.25. The molecule has 0 saturated heterocycles. The van der Waals surface area contributed by atoms with Crippen LogP contribution in [-0.2, 0) is 18.3 Å². The van der Waals surface area contributed by atoms with Crippen LogP contribution in [-0.4, -0.2) is 21.2 Å². The molecule has 5 nitrogen and oxygen atoms in total. The van der Waals surface area contributed by atoms with Crippen molar-refractivity contribution in [2.75, 3.05) is 11.1 Å². The predicted molar refractivity (Wildman–Crippen MR) is 123 cm³/mol. The number of thioether (sulfide) groups is 1. The number of halogens is 2. The van der Waals surface area contributed by atoms with Gasteiger partial charge in [0.25, 0.3) is 5.56 Å². The molecule has 0 aliphatic rings. The topological polar surface area (TPSA) is 64.0 Å². The van der Waals surface area contributed by atoms with E-state index in [1.54, 1.807) is 17.7 Å². The lowest BCUT2D eigenvalue weighted by Gasteiger charge is -2.12. The first-order valence-electron chi connectivity index (χ1n) is 9.82. The summed E-state index contributed by atoms with van der Waals surface area (Å²) >= 11 is 7.49. The molecule has 3 aromatic rings. The number of nitrogens with zero attached hydrogens (tertiary/aromatic N) is 2. The van der Waals surface area contributed by atoms with Crippen LogP contribution < -0.4 is 10.9 Å². The average Bonchev–Trinajstić information content (AvgIpc) is 2.74. The van der Waals surface area contributed by atoms with Gasteiger partial charge in [-0.25, -0.2) is 9.37 Å². The summed E-state index contributed by atoms with van der Waals surface area (Å²) in [5.74, 6) is 0.160. The number of nitrogens with one attached hydrogen (secondary N) is 1. The van der Waals surface area contributed by atoms with Crippen molar-refractivity contribution >= 4 is 35.0 Å². The minimum absolute atomic E-state index is 0.0796. The van der Waals surface area contributed by atoms with Crippen molar-refractivity contribution in [3.8, 4) is 0 Å². The number of anilines is 1. The minimum Gasteiger partial charge on any atom is -0.326 e. The van der Waals surface area contributed by atoms with E-state index in [0.29, 0.717) is 52.1 Å². The van der Waals surface area contributed by atoms with Crippen LogP contribution in [0.1, 0.15) is 29.7 Å². The zero-order valence-corrected chi connectivity index (χ0v) is 18.9. The third kappa shape index (κ3) is 6.42. The van der Waals surface area contributed by atoms with Crippen LogP contribution in [0, 0.1) is 12.7 Å². The SMILES string of the molecule is Cc1nc(SCCCC(=O)Nc2ccc(F)cc2)n(C)c(=O)c1Cc1cccc(Cl)c1. The summed E-state index contributed by atoms with van der Waals surface area (Å²) in [7, 11) is 1.71. The molecule has 1 aromatic heterocycles.